The Morgan fingerprint density at radius 2 is 1.48 bits per heavy atom. The summed E-state index contributed by atoms with van der Waals surface area (Å²) in [4.78, 5) is 23.3. The molecule has 0 bridgehead atoms. The minimum Gasteiger partial charge on any atom is -0.494 e. The normalized spacial score (nSPS) is 11.2. The van der Waals surface area contributed by atoms with E-state index in [1.165, 1.54) is 0 Å². The van der Waals surface area contributed by atoms with E-state index in [1.54, 1.807) is 38.1 Å². The van der Waals surface area contributed by atoms with E-state index in [0.717, 1.165) is 11.4 Å². The molecule has 3 amide bonds. The van der Waals surface area contributed by atoms with Crippen LogP contribution < -0.4 is 25.4 Å². The van der Waals surface area contributed by atoms with Crippen LogP contribution in [0.1, 0.15) is 20.8 Å². The van der Waals surface area contributed by atoms with Crippen LogP contribution in [0.3, 0.4) is 0 Å². The van der Waals surface area contributed by atoms with Crippen LogP contribution in [0.15, 0.2) is 48.5 Å². The maximum atomic E-state index is 11.9. The lowest BCUT2D eigenvalue weighted by atomic mass is 10.2. The third-order valence-corrected chi connectivity index (χ3v) is 3.58. The van der Waals surface area contributed by atoms with E-state index in [4.69, 9.17) is 9.47 Å². The molecule has 1 atom stereocenters. The number of rotatable bonds is 8. The smallest absolute Gasteiger partial charge is 0.321 e. The first-order valence-corrected chi connectivity index (χ1v) is 8.87. The summed E-state index contributed by atoms with van der Waals surface area (Å²) < 4.78 is 11.2. The quantitative estimate of drug-likeness (QED) is 0.661. The van der Waals surface area contributed by atoms with Crippen molar-refractivity contribution in [1.82, 2.24) is 10.6 Å². The summed E-state index contributed by atoms with van der Waals surface area (Å²) in [6, 6.07) is 13.5. The lowest BCUT2D eigenvalue weighted by Gasteiger charge is -2.15. The standard InChI is InChI=1S/C20H25N3O4/c1-4-21-20(25)23-19(24)14(3)22-15-6-8-17(9-7-15)27-18-12-10-16(11-13-18)26-5-2/h6-14,22H,4-5H2,1-3H3,(H2,21,23,24,25)/t14-/m1/s1. The molecule has 0 saturated heterocycles. The predicted octanol–water partition coefficient (Wildman–Crippen LogP) is 3.52. The predicted molar refractivity (Wildman–Crippen MR) is 104 cm³/mol. The first-order valence-electron chi connectivity index (χ1n) is 8.87. The molecular formula is C20H25N3O4. The molecule has 2 aromatic carbocycles. The molecule has 144 valence electrons. The van der Waals surface area contributed by atoms with Crippen molar-refractivity contribution in [3.05, 3.63) is 48.5 Å². The highest BCUT2D eigenvalue weighted by Crippen LogP contribution is 2.25. The number of urea groups is 1. The van der Waals surface area contributed by atoms with Crippen LogP contribution in [-0.2, 0) is 4.79 Å². The number of carbonyl (C=O) groups is 2. The highest BCUT2D eigenvalue weighted by Gasteiger charge is 2.15. The monoisotopic (exact) mass is 371 g/mol. The Morgan fingerprint density at radius 1 is 0.926 bits per heavy atom. The van der Waals surface area contributed by atoms with Crippen LogP contribution in [0, 0.1) is 0 Å². The number of amides is 3. The first kappa shape index (κ1) is 20.1. The number of hydrogen-bond donors (Lipinski definition) is 3. The van der Waals surface area contributed by atoms with Crippen molar-refractivity contribution in [2.75, 3.05) is 18.5 Å². The number of hydrogen-bond acceptors (Lipinski definition) is 5. The molecule has 0 saturated carbocycles. The van der Waals surface area contributed by atoms with E-state index in [1.807, 2.05) is 31.2 Å². The summed E-state index contributed by atoms with van der Waals surface area (Å²) in [6.07, 6.45) is 0. The van der Waals surface area contributed by atoms with E-state index in [0.29, 0.717) is 24.7 Å². The molecular weight excluding hydrogens is 346 g/mol. The average Bonchev–Trinajstić information content (AvgIpc) is 2.65. The summed E-state index contributed by atoms with van der Waals surface area (Å²) in [5.41, 5.74) is 0.743. The molecule has 7 nitrogen and oxygen atoms in total. The van der Waals surface area contributed by atoms with Crippen LogP contribution in [0.2, 0.25) is 0 Å². The van der Waals surface area contributed by atoms with Crippen LogP contribution in [0.25, 0.3) is 0 Å². The fourth-order valence-corrected chi connectivity index (χ4v) is 2.27. The van der Waals surface area contributed by atoms with E-state index in [9.17, 15) is 9.59 Å². The summed E-state index contributed by atoms with van der Waals surface area (Å²) >= 11 is 0. The van der Waals surface area contributed by atoms with Gasteiger partial charge in [0.25, 0.3) is 0 Å². The lowest BCUT2D eigenvalue weighted by Crippen LogP contribution is -2.45. The van der Waals surface area contributed by atoms with E-state index >= 15 is 0 Å². The van der Waals surface area contributed by atoms with Gasteiger partial charge in [0.15, 0.2) is 0 Å². The zero-order valence-corrected chi connectivity index (χ0v) is 15.7. The molecule has 0 heterocycles. The summed E-state index contributed by atoms with van der Waals surface area (Å²) in [5.74, 6) is 1.76. The highest BCUT2D eigenvalue weighted by atomic mass is 16.5. The number of anilines is 1. The molecule has 2 aromatic rings. The maximum absolute atomic E-state index is 11.9. The van der Waals surface area contributed by atoms with Gasteiger partial charge in [-0.2, -0.15) is 0 Å². The number of benzene rings is 2. The van der Waals surface area contributed by atoms with Gasteiger partial charge in [-0.25, -0.2) is 4.79 Å². The largest absolute Gasteiger partial charge is 0.494 e. The van der Waals surface area contributed by atoms with Gasteiger partial charge in [0.1, 0.15) is 23.3 Å². The number of nitrogens with one attached hydrogen (secondary N) is 3. The van der Waals surface area contributed by atoms with E-state index in [-0.39, 0.29) is 0 Å². The average molecular weight is 371 g/mol. The van der Waals surface area contributed by atoms with Crippen LogP contribution >= 0.6 is 0 Å². The Hall–Kier alpha value is -3.22. The van der Waals surface area contributed by atoms with Crippen LogP contribution in [0.5, 0.6) is 17.2 Å². The minimum atomic E-state index is -0.564. The van der Waals surface area contributed by atoms with E-state index in [2.05, 4.69) is 16.0 Å². The van der Waals surface area contributed by atoms with Gasteiger partial charge in [0.05, 0.1) is 6.61 Å². The number of carbonyl (C=O) groups excluding carboxylic acids is 2. The van der Waals surface area contributed by atoms with Gasteiger partial charge >= 0.3 is 6.03 Å². The molecule has 0 aliphatic heterocycles. The lowest BCUT2D eigenvalue weighted by molar-refractivity contribution is -0.120. The topological polar surface area (TPSA) is 88.7 Å². The van der Waals surface area contributed by atoms with E-state index < -0.39 is 18.0 Å². The maximum Gasteiger partial charge on any atom is 0.321 e. The second kappa shape index (κ2) is 10.1. The van der Waals surface area contributed by atoms with Crippen molar-refractivity contribution in [2.45, 2.75) is 26.8 Å². The molecule has 27 heavy (non-hydrogen) atoms. The van der Waals surface area contributed by atoms with Gasteiger partial charge < -0.3 is 20.1 Å². The van der Waals surface area contributed by atoms with Crippen molar-refractivity contribution in [3.8, 4) is 17.2 Å². The molecule has 0 radical (unpaired) electrons. The van der Waals surface area contributed by atoms with Crippen molar-refractivity contribution < 1.29 is 19.1 Å². The van der Waals surface area contributed by atoms with Gasteiger partial charge in [-0.1, -0.05) is 0 Å². The Bertz CT molecular complexity index is 745. The highest BCUT2D eigenvalue weighted by molar-refractivity contribution is 5.97. The molecule has 0 fully saturated rings. The summed E-state index contributed by atoms with van der Waals surface area (Å²) in [6.45, 7) is 6.47. The zero-order chi connectivity index (χ0) is 19.6. The summed E-state index contributed by atoms with van der Waals surface area (Å²) in [5, 5.41) is 7.82. The molecule has 7 heteroatoms. The van der Waals surface area contributed by atoms with Crippen molar-refractivity contribution in [1.29, 1.82) is 0 Å². The third-order valence-electron chi connectivity index (χ3n) is 3.58. The third kappa shape index (κ3) is 6.54. The number of imide groups is 1. The molecule has 0 unspecified atom stereocenters. The van der Waals surface area contributed by atoms with Gasteiger partial charge in [-0.15, -0.1) is 0 Å². The zero-order valence-electron chi connectivity index (χ0n) is 15.7. The Balaban J connectivity index is 1.88. The van der Waals surface area contributed by atoms with Gasteiger partial charge in [-0.3, -0.25) is 10.1 Å². The van der Waals surface area contributed by atoms with Gasteiger partial charge in [0.2, 0.25) is 5.91 Å². The second-order valence-electron chi connectivity index (χ2n) is 5.75. The van der Waals surface area contributed by atoms with Crippen molar-refractivity contribution in [3.63, 3.8) is 0 Å². The number of ether oxygens (including phenoxy) is 2. The minimum absolute atomic E-state index is 0.407. The molecule has 3 N–H and O–H groups in total. The Kier molecular flexibility index (Phi) is 7.49. The Labute approximate surface area is 159 Å². The molecule has 0 aromatic heterocycles. The van der Waals surface area contributed by atoms with Crippen molar-refractivity contribution >= 4 is 17.6 Å². The SMILES string of the molecule is CCNC(=O)NC(=O)[C@@H](C)Nc1ccc(Oc2ccc(OCC)cc2)cc1. The van der Waals surface area contributed by atoms with Gasteiger partial charge in [0, 0.05) is 12.2 Å². The molecule has 0 aliphatic carbocycles. The molecule has 0 aliphatic rings. The second-order valence-corrected chi connectivity index (χ2v) is 5.75. The van der Waals surface area contributed by atoms with Crippen LogP contribution in [-0.4, -0.2) is 31.1 Å². The molecule has 2 rings (SSSR count). The van der Waals surface area contributed by atoms with Crippen molar-refractivity contribution in [2.24, 2.45) is 0 Å². The van der Waals surface area contributed by atoms with Crippen LogP contribution in [0.4, 0.5) is 10.5 Å². The first-order chi connectivity index (χ1) is 13.0. The Morgan fingerprint density at radius 3 is 2.04 bits per heavy atom. The van der Waals surface area contributed by atoms with Gasteiger partial charge in [-0.05, 0) is 69.3 Å². The fourth-order valence-electron chi connectivity index (χ4n) is 2.27. The summed E-state index contributed by atoms with van der Waals surface area (Å²) in [7, 11) is 0. The fraction of sp³-hybridized carbons (Fsp3) is 0.300. The molecule has 0 spiro atoms.